The SMILES string of the molecule is CC(=O)C[C@H](N(C)C)N1CCC(n2c(F)c(-c3ccc(Oc4ccccc4)cc3)c3c(N)ncnc32)C1. The van der Waals surface area contributed by atoms with Crippen molar-refractivity contribution in [2.24, 2.45) is 0 Å². The van der Waals surface area contributed by atoms with E-state index in [4.69, 9.17) is 10.5 Å². The number of para-hydroxylation sites is 1. The standard InChI is InChI=1S/C28H31FN6O2/c1-18(36)15-23(33(2)3)34-14-13-20(16-34)35-26(29)24(25-27(30)31-17-32-28(25)35)19-9-11-22(12-10-19)37-21-7-5-4-6-8-21/h4-12,17,20,23H,13-16H2,1-3H3,(H2,30,31,32)/t20?,23-/m1/s1. The highest BCUT2D eigenvalue weighted by Gasteiger charge is 2.34. The second-order valence-electron chi connectivity index (χ2n) is 9.72. The fraction of sp³-hybridized carbons (Fsp3) is 0.321. The number of hydrogen-bond acceptors (Lipinski definition) is 7. The van der Waals surface area contributed by atoms with Gasteiger partial charge in [-0.25, -0.2) is 9.97 Å². The molecule has 3 heterocycles. The number of ketones is 1. The average molecular weight is 503 g/mol. The number of nitrogens with two attached hydrogens (primary N) is 1. The number of carbonyl (C=O) groups excluding carboxylic acids is 1. The number of hydrogen-bond donors (Lipinski definition) is 1. The topological polar surface area (TPSA) is 89.5 Å². The van der Waals surface area contributed by atoms with Crippen LogP contribution in [-0.4, -0.2) is 63.5 Å². The second kappa shape index (κ2) is 10.3. The highest BCUT2D eigenvalue weighted by atomic mass is 19.1. The number of halogens is 1. The number of carbonyl (C=O) groups is 1. The molecule has 9 heteroatoms. The number of aromatic nitrogens is 3. The highest BCUT2D eigenvalue weighted by molar-refractivity contribution is 6.01. The van der Waals surface area contributed by atoms with Crippen LogP contribution in [0.2, 0.25) is 0 Å². The van der Waals surface area contributed by atoms with Crippen molar-refractivity contribution in [3.05, 3.63) is 66.9 Å². The van der Waals surface area contributed by atoms with Gasteiger partial charge in [-0.05, 0) is 57.3 Å². The molecule has 192 valence electrons. The van der Waals surface area contributed by atoms with Gasteiger partial charge in [0.2, 0.25) is 5.95 Å². The van der Waals surface area contributed by atoms with Crippen LogP contribution in [0, 0.1) is 5.95 Å². The van der Waals surface area contributed by atoms with Crippen molar-refractivity contribution in [3.8, 4) is 22.6 Å². The Morgan fingerprint density at radius 1 is 1.14 bits per heavy atom. The summed E-state index contributed by atoms with van der Waals surface area (Å²) in [7, 11) is 3.92. The molecule has 1 saturated heterocycles. The Balaban J connectivity index is 1.49. The van der Waals surface area contributed by atoms with Crippen LogP contribution in [0.5, 0.6) is 11.5 Å². The Hall–Kier alpha value is -3.82. The van der Waals surface area contributed by atoms with Gasteiger partial charge >= 0.3 is 0 Å². The summed E-state index contributed by atoms with van der Waals surface area (Å²) in [6.45, 7) is 2.96. The molecular weight excluding hydrogens is 471 g/mol. The van der Waals surface area contributed by atoms with Gasteiger partial charge in [0.15, 0.2) is 0 Å². The average Bonchev–Trinajstić information content (AvgIpc) is 3.46. The number of ether oxygens (including phenoxy) is 1. The lowest BCUT2D eigenvalue weighted by atomic mass is 10.1. The van der Waals surface area contributed by atoms with Crippen molar-refractivity contribution >= 4 is 22.6 Å². The molecule has 8 nitrogen and oxygen atoms in total. The minimum absolute atomic E-state index is 0.0382. The van der Waals surface area contributed by atoms with Gasteiger partial charge in [-0.3, -0.25) is 19.2 Å². The molecule has 2 atom stereocenters. The van der Waals surface area contributed by atoms with Crippen LogP contribution in [0.3, 0.4) is 0 Å². The lowest BCUT2D eigenvalue weighted by molar-refractivity contribution is -0.119. The maximum Gasteiger partial charge on any atom is 0.204 e. The van der Waals surface area contributed by atoms with E-state index in [-0.39, 0.29) is 23.8 Å². The Labute approximate surface area is 215 Å². The fourth-order valence-corrected chi connectivity index (χ4v) is 5.18. The summed E-state index contributed by atoms with van der Waals surface area (Å²) >= 11 is 0. The molecule has 0 aliphatic carbocycles. The van der Waals surface area contributed by atoms with Crippen LogP contribution in [0.1, 0.15) is 25.8 Å². The first-order valence-electron chi connectivity index (χ1n) is 12.4. The zero-order valence-electron chi connectivity index (χ0n) is 21.3. The summed E-state index contributed by atoms with van der Waals surface area (Å²) in [4.78, 5) is 24.7. The number of fused-ring (bicyclic) bond motifs is 1. The van der Waals surface area contributed by atoms with Gasteiger partial charge in [-0.2, -0.15) is 4.39 Å². The largest absolute Gasteiger partial charge is 0.457 e. The van der Waals surface area contributed by atoms with E-state index in [9.17, 15) is 4.79 Å². The molecule has 5 rings (SSSR count). The maximum absolute atomic E-state index is 16.3. The van der Waals surface area contributed by atoms with E-state index in [1.54, 1.807) is 11.5 Å². The molecule has 4 aromatic rings. The summed E-state index contributed by atoms with van der Waals surface area (Å²) in [6, 6.07) is 16.6. The third-order valence-electron chi connectivity index (χ3n) is 6.92. The molecule has 2 N–H and O–H groups in total. The summed E-state index contributed by atoms with van der Waals surface area (Å²) in [5.41, 5.74) is 7.79. The Kier molecular flexibility index (Phi) is 6.90. The van der Waals surface area contributed by atoms with Gasteiger partial charge in [-0.1, -0.05) is 30.3 Å². The molecular formula is C28H31FN6O2. The monoisotopic (exact) mass is 502 g/mol. The van der Waals surface area contributed by atoms with E-state index >= 15 is 4.39 Å². The van der Waals surface area contributed by atoms with Crippen LogP contribution < -0.4 is 10.5 Å². The first-order valence-corrected chi connectivity index (χ1v) is 12.4. The Morgan fingerprint density at radius 2 is 1.84 bits per heavy atom. The Bertz CT molecular complexity index is 1400. The minimum Gasteiger partial charge on any atom is -0.457 e. The van der Waals surface area contributed by atoms with E-state index in [1.807, 2.05) is 73.6 Å². The minimum atomic E-state index is -0.390. The molecule has 1 unspecified atom stereocenters. The molecule has 0 amide bonds. The summed E-state index contributed by atoms with van der Waals surface area (Å²) in [5.74, 6) is 1.35. The molecule has 0 spiro atoms. The first kappa shape index (κ1) is 24.9. The van der Waals surface area contributed by atoms with Crippen molar-refractivity contribution in [2.45, 2.75) is 32.0 Å². The molecule has 0 bridgehead atoms. The molecule has 37 heavy (non-hydrogen) atoms. The molecule has 1 fully saturated rings. The van der Waals surface area contributed by atoms with Crippen LogP contribution >= 0.6 is 0 Å². The van der Waals surface area contributed by atoms with Crippen molar-refractivity contribution in [1.29, 1.82) is 0 Å². The van der Waals surface area contributed by atoms with E-state index in [0.717, 1.165) is 18.7 Å². The van der Waals surface area contributed by atoms with Crippen LogP contribution in [-0.2, 0) is 4.79 Å². The number of benzene rings is 2. The van der Waals surface area contributed by atoms with Crippen molar-refractivity contribution in [1.82, 2.24) is 24.3 Å². The molecule has 1 aliphatic heterocycles. The molecule has 2 aromatic heterocycles. The highest BCUT2D eigenvalue weighted by Crippen LogP contribution is 2.40. The van der Waals surface area contributed by atoms with Gasteiger partial charge in [0.1, 0.15) is 35.1 Å². The van der Waals surface area contributed by atoms with E-state index in [1.165, 1.54) is 6.33 Å². The van der Waals surface area contributed by atoms with E-state index < -0.39 is 5.95 Å². The number of nitrogens with zero attached hydrogens (tertiary/aromatic N) is 5. The van der Waals surface area contributed by atoms with Crippen molar-refractivity contribution < 1.29 is 13.9 Å². The molecule has 2 aromatic carbocycles. The smallest absolute Gasteiger partial charge is 0.204 e. The maximum atomic E-state index is 16.3. The van der Waals surface area contributed by atoms with Crippen molar-refractivity contribution in [2.75, 3.05) is 32.9 Å². The van der Waals surface area contributed by atoms with Gasteiger partial charge in [-0.15, -0.1) is 0 Å². The summed E-state index contributed by atoms with van der Waals surface area (Å²) < 4.78 is 23.8. The third-order valence-corrected chi connectivity index (χ3v) is 6.92. The Morgan fingerprint density at radius 3 is 2.51 bits per heavy atom. The zero-order chi connectivity index (χ0) is 26.1. The van der Waals surface area contributed by atoms with Crippen LogP contribution in [0.15, 0.2) is 60.9 Å². The lowest BCUT2D eigenvalue weighted by Crippen LogP contribution is -2.45. The number of Topliss-reactive ketones (excluding diaryl/α,β-unsaturated/α-hetero) is 1. The summed E-state index contributed by atoms with van der Waals surface area (Å²) in [5, 5.41) is 0.503. The number of anilines is 1. The second-order valence-corrected chi connectivity index (χ2v) is 9.72. The number of likely N-dealkylation sites (tertiary alicyclic amines) is 1. The lowest BCUT2D eigenvalue weighted by Gasteiger charge is -2.32. The third kappa shape index (κ3) is 4.92. The zero-order valence-corrected chi connectivity index (χ0v) is 21.3. The van der Waals surface area contributed by atoms with E-state index in [0.29, 0.717) is 40.9 Å². The van der Waals surface area contributed by atoms with Gasteiger partial charge in [0.25, 0.3) is 0 Å². The normalized spacial score (nSPS) is 16.9. The number of nitrogen functional groups attached to an aromatic ring is 1. The van der Waals surface area contributed by atoms with E-state index in [2.05, 4.69) is 14.9 Å². The van der Waals surface area contributed by atoms with Gasteiger partial charge in [0.05, 0.1) is 17.6 Å². The fourth-order valence-electron chi connectivity index (χ4n) is 5.18. The number of rotatable bonds is 8. The van der Waals surface area contributed by atoms with Crippen LogP contribution in [0.25, 0.3) is 22.2 Å². The molecule has 0 radical (unpaired) electrons. The summed E-state index contributed by atoms with van der Waals surface area (Å²) in [6.07, 6.45) is 2.49. The van der Waals surface area contributed by atoms with Gasteiger partial charge in [0, 0.05) is 25.1 Å². The van der Waals surface area contributed by atoms with Crippen LogP contribution in [0.4, 0.5) is 10.2 Å². The predicted molar refractivity (Wildman–Crippen MR) is 142 cm³/mol. The van der Waals surface area contributed by atoms with Gasteiger partial charge < -0.3 is 10.5 Å². The first-order chi connectivity index (χ1) is 17.8. The molecule has 1 aliphatic rings. The quantitative estimate of drug-likeness (QED) is 0.373. The molecule has 0 saturated carbocycles. The predicted octanol–water partition coefficient (Wildman–Crippen LogP) is 4.73. The van der Waals surface area contributed by atoms with Crippen molar-refractivity contribution in [3.63, 3.8) is 0 Å².